The molecular weight excluding hydrogens is 268 g/mol. The van der Waals surface area contributed by atoms with Gasteiger partial charge >= 0.3 is 5.97 Å². The summed E-state index contributed by atoms with van der Waals surface area (Å²) in [7, 11) is 1.34. The summed E-state index contributed by atoms with van der Waals surface area (Å²) in [5.41, 5.74) is -0.0428. The molecule has 2 heterocycles. The highest BCUT2D eigenvalue weighted by Gasteiger charge is 2.23. The van der Waals surface area contributed by atoms with Crippen LogP contribution < -0.4 is 5.32 Å². The number of carboxylic acid groups (broad SMARTS) is 1. The van der Waals surface area contributed by atoms with Crippen molar-refractivity contribution in [2.24, 2.45) is 0 Å². The van der Waals surface area contributed by atoms with E-state index in [0.29, 0.717) is 5.76 Å². The molecule has 106 valence electrons. The van der Waals surface area contributed by atoms with Gasteiger partial charge in [-0.15, -0.1) is 0 Å². The summed E-state index contributed by atoms with van der Waals surface area (Å²) in [4.78, 5) is 22.7. The average Bonchev–Trinajstić information content (AvgIpc) is 3.08. The molecule has 1 amide bonds. The number of carboxylic acids is 1. The van der Waals surface area contributed by atoms with E-state index in [1.54, 1.807) is 12.1 Å². The minimum absolute atomic E-state index is 0.0428. The summed E-state index contributed by atoms with van der Waals surface area (Å²) in [6.45, 7) is -0.149. The van der Waals surface area contributed by atoms with Crippen LogP contribution in [0.2, 0.25) is 0 Å². The molecule has 2 aromatic heterocycles. The summed E-state index contributed by atoms with van der Waals surface area (Å²) in [6, 6.07) is 3.51. The Bertz CT molecular complexity index is 589. The first kappa shape index (κ1) is 13.8. The van der Waals surface area contributed by atoms with Gasteiger partial charge in [-0.2, -0.15) is 0 Å². The zero-order chi connectivity index (χ0) is 14.5. The van der Waals surface area contributed by atoms with Crippen LogP contribution in [0.5, 0.6) is 0 Å². The molecule has 8 nitrogen and oxygen atoms in total. The minimum atomic E-state index is -1.20. The van der Waals surface area contributed by atoms with Gasteiger partial charge in [0.1, 0.15) is 0 Å². The lowest BCUT2D eigenvalue weighted by molar-refractivity contribution is -0.140. The van der Waals surface area contributed by atoms with Gasteiger partial charge < -0.3 is 24.1 Å². The molecule has 1 atom stereocenters. The molecule has 0 bridgehead atoms. The Labute approximate surface area is 113 Å². The van der Waals surface area contributed by atoms with Crippen LogP contribution in [0.4, 0.5) is 0 Å². The maximum Gasteiger partial charge on any atom is 0.328 e. The molecule has 0 saturated carbocycles. The van der Waals surface area contributed by atoms with Crippen LogP contribution in [0.15, 0.2) is 33.4 Å². The smallest absolute Gasteiger partial charge is 0.328 e. The third-order valence-corrected chi connectivity index (χ3v) is 2.44. The molecule has 0 aliphatic heterocycles. The van der Waals surface area contributed by atoms with Gasteiger partial charge in [0.15, 0.2) is 17.5 Å². The molecule has 0 spiro atoms. The van der Waals surface area contributed by atoms with E-state index in [-0.39, 0.29) is 18.1 Å². The molecular formula is C12H12N2O6. The summed E-state index contributed by atoms with van der Waals surface area (Å²) in [6.07, 6.45) is 1.46. The highest BCUT2D eigenvalue weighted by Crippen LogP contribution is 2.20. The third kappa shape index (κ3) is 3.04. The third-order valence-electron chi connectivity index (χ3n) is 2.44. The molecule has 2 aromatic rings. The SMILES string of the molecule is COCC(NC(=O)c1cc(-c2ccco2)on1)C(=O)O. The van der Waals surface area contributed by atoms with Crippen molar-refractivity contribution < 1.29 is 28.4 Å². The van der Waals surface area contributed by atoms with E-state index in [1.165, 1.54) is 19.4 Å². The van der Waals surface area contributed by atoms with Crippen LogP contribution in [-0.4, -0.2) is 41.9 Å². The van der Waals surface area contributed by atoms with Crippen LogP contribution in [0.3, 0.4) is 0 Å². The van der Waals surface area contributed by atoms with Crippen LogP contribution in [0, 0.1) is 0 Å². The maximum absolute atomic E-state index is 11.8. The average molecular weight is 280 g/mol. The Morgan fingerprint density at radius 2 is 2.30 bits per heavy atom. The molecule has 0 radical (unpaired) electrons. The summed E-state index contributed by atoms with van der Waals surface area (Å²) >= 11 is 0. The lowest BCUT2D eigenvalue weighted by Gasteiger charge is -2.11. The molecule has 0 fully saturated rings. The normalized spacial score (nSPS) is 12.1. The zero-order valence-electron chi connectivity index (χ0n) is 10.5. The van der Waals surface area contributed by atoms with Crippen LogP contribution >= 0.6 is 0 Å². The quantitative estimate of drug-likeness (QED) is 0.802. The van der Waals surface area contributed by atoms with Crippen LogP contribution in [-0.2, 0) is 9.53 Å². The highest BCUT2D eigenvalue weighted by atomic mass is 16.5. The van der Waals surface area contributed by atoms with Crippen molar-refractivity contribution >= 4 is 11.9 Å². The van der Waals surface area contributed by atoms with E-state index >= 15 is 0 Å². The number of nitrogens with zero attached hydrogens (tertiary/aromatic N) is 1. The Morgan fingerprint density at radius 3 is 2.90 bits per heavy atom. The first-order valence-corrected chi connectivity index (χ1v) is 5.65. The van der Waals surface area contributed by atoms with Crippen molar-refractivity contribution in [2.75, 3.05) is 13.7 Å². The monoisotopic (exact) mass is 280 g/mol. The van der Waals surface area contributed by atoms with E-state index in [2.05, 4.69) is 10.5 Å². The second-order valence-electron chi connectivity index (χ2n) is 3.87. The number of methoxy groups -OCH3 is 1. The van der Waals surface area contributed by atoms with Gasteiger partial charge in [0.2, 0.25) is 5.76 Å². The number of carbonyl (C=O) groups is 2. The Morgan fingerprint density at radius 1 is 1.50 bits per heavy atom. The van der Waals surface area contributed by atoms with E-state index in [9.17, 15) is 9.59 Å². The van der Waals surface area contributed by atoms with Gasteiger partial charge in [-0.1, -0.05) is 5.16 Å². The molecule has 0 aliphatic carbocycles. The lowest BCUT2D eigenvalue weighted by atomic mass is 10.2. The van der Waals surface area contributed by atoms with Gasteiger partial charge in [0, 0.05) is 13.2 Å². The number of hydrogen-bond acceptors (Lipinski definition) is 6. The van der Waals surface area contributed by atoms with E-state index in [4.69, 9.17) is 18.8 Å². The largest absolute Gasteiger partial charge is 0.480 e. The van der Waals surface area contributed by atoms with Crippen LogP contribution in [0.1, 0.15) is 10.5 Å². The van der Waals surface area contributed by atoms with Crippen molar-refractivity contribution in [2.45, 2.75) is 6.04 Å². The highest BCUT2D eigenvalue weighted by molar-refractivity contribution is 5.95. The van der Waals surface area contributed by atoms with Gasteiger partial charge in [0.05, 0.1) is 12.9 Å². The number of hydrogen-bond donors (Lipinski definition) is 2. The standard InChI is InChI=1S/C12H12N2O6/c1-18-6-8(12(16)17)13-11(15)7-5-10(20-14-7)9-3-2-4-19-9/h2-5,8H,6H2,1H3,(H,13,15)(H,16,17). The fraction of sp³-hybridized carbons (Fsp3) is 0.250. The number of ether oxygens (including phenoxy) is 1. The number of amides is 1. The van der Waals surface area contributed by atoms with Crippen molar-refractivity contribution in [1.82, 2.24) is 10.5 Å². The van der Waals surface area contributed by atoms with E-state index in [1.807, 2.05) is 0 Å². The topological polar surface area (TPSA) is 115 Å². The Hall–Kier alpha value is -2.61. The second-order valence-corrected chi connectivity index (χ2v) is 3.87. The number of aliphatic carboxylic acids is 1. The first-order chi connectivity index (χ1) is 9.61. The Kier molecular flexibility index (Phi) is 4.16. The zero-order valence-corrected chi connectivity index (χ0v) is 10.5. The maximum atomic E-state index is 11.8. The van der Waals surface area contributed by atoms with Crippen molar-refractivity contribution in [3.63, 3.8) is 0 Å². The fourth-order valence-electron chi connectivity index (χ4n) is 1.49. The molecule has 8 heteroatoms. The second kappa shape index (κ2) is 6.02. The van der Waals surface area contributed by atoms with Crippen molar-refractivity contribution in [3.8, 4) is 11.5 Å². The van der Waals surface area contributed by atoms with Crippen molar-refractivity contribution in [1.29, 1.82) is 0 Å². The molecule has 20 heavy (non-hydrogen) atoms. The summed E-state index contributed by atoms with van der Waals surface area (Å²) < 4.78 is 14.8. The number of aromatic nitrogens is 1. The molecule has 1 unspecified atom stereocenters. The van der Waals surface area contributed by atoms with E-state index in [0.717, 1.165) is 0 Å². The number of nitrogens with one attached hydrogen (secondary N) is 1. The molecule has 0 aromatic carbocycles. The van der Waals surface area contributed by atoms with Gasteiger partial charge in [-0.25, -0.2) is 4.79 Å². The van der Waals surface area contributed by atoms with Crippen LogP contribution in [0.25, 0.3) is 11.5 Å². The van der Waals surface area contributed by atoms with Gasteiger partial charge in [-0.05, 0) is 12.1 Å². The summed E-state index contributed by atoms with van der Waals surface area (Å²) in [5, 5.41) is 14.7. The predicted molar refractivity (Wildman–Crippen MR) is 65.0 cm³/mol. The summed E-state index contributed by atoms with van der Waals surface area (Å²) in [5.74, 6) is -1.17. The first-order valence-electron chi connectivity index (χ1n) is 5.65. The lowest BCUT2D eigenvalue weighted by Crippen LogP contribution is -2.43. The van der Waals surface area contributed by atoms with Gasteiger partial charge in [0.25, 0.3) is 5.91 Å². The number of furan rings is 1. The van der Waals surface area contributed by atoms with E-state index < -0.39 is 17.9 Å². The number of rotatable bonds is 6. The molecule has 0 saturated heterocycles. The Balaban J connectivity index is 2.08. The van der Waals surface area contributed by atoms with Gasteiger partial charge in [-0.3, -0.25) is 4.79 Å². The predicted octanol–water partition coefficient (Wildman–Crippen LogP) is 0.764. The minimum Gasteiger partial charge on any atom is -0.480 e. The number of carbonyl (C=O) groups excluding carboxylic acids is 1. The molecule has 0 aliphatic rings. The molecule has 2 rings (SSSR count). The van der Waals surface area contributed by atoms with Crippen molar-refractivity contribution in [3.05, 3.63) is 30.2 Å². The molecule has 2 N–H and O–H groups in total. The fourth-order valence-corrected chi connectivity index (χ4v) is 1.49.